The van der Waals surface area contributed by atoms with Crippen molar-refractivity contribution in [3.05, 3.63) is 53.4 Å². The zero-order valence-electron chi connectivity index (χ0n) is 12.9. The second-order valence-electron chi connectivity index (χ2n) is 5.03. The van der Waals surface area contributed by atoms with Gasteiger partial charge in [-0.1, -0.05) is 0 Å². The summed E-state index contributed by atoms with van der Waals surface area (Å²) in [5.41, 5.74) is 0.207. The quantitative estimate of drug-likeness (QED) is 0.671. The van der Waals surface area contributed by atoms with Crippen molar-refractivity contribution in [1.29, 1.82) is 0 Å². The molecule has 6 nitrogen and oxygen atoms in total. The Hall–Kier alpha value is -3.03. The molecular formula is C16H14F2N2O4. The number of ether oxygens (including phenoxy) is 1. The van der Waals surface area contributed by atoms with E-state index in [1.165, 1.54) is 23.8 Å². The monoisotopic (exact) mass is 336 g/mol. The van der Waals surface area contributed by atoms with Gasteiger partial charge in [-0.2, -0.15) is 0 Å². The third-order valence-electron chi connectivity index (χ3n) is 3.16. The number of aryl methyl sites for hydroxylation is 1. The van der Waals surface area contributed by atoms with Gasteiger partial charge in [-0.05, 0) is 25.1 Å². The van der Waals surface area contributed by atoms with Crippen molar-refractivity contribution in [2.45, 2.75) is 6.92 Å². The van der Waals surface area contributed by atoms with E-state index in [4.69, 9.17) is 4.74 Å². The smallest absolute Gasteiger partial charge is 0.355 e. The van der Waals surface area contributed by atoms with Crippen LogP contribution in [0.4, 0.5) is 14.5 Å². The summed E-state index contributed by atoms with van der Waals surface area (Å²) in [4.78, 5) is 34.9. The van der Waals surface area contributed by atoms with Gasteiger partial charge in [-0.15, -0.1) is 0 Å². The molecule has 1 heterocycles. The molecule has 0 unspecified atom stereocenters. The number of halogens is 2. The van der Waals surface area contributed by atoms with E-state index in [2.05, 4.69) is 5.32 Å². The van der Waals surface area contributed by atoms with E-state index in [1.54, 1.807) is 7.05 Å². The molecule has 0 spiro atoms. The maximum Gasteiger partial charge on any atom is 0.355 e. The number of nitrogens with zero attached hydrogens (tertiary/aromatic N) is 1. The molecule has 1 amide bonds. The molecule has 24 heavy (non-hydrogen) atoms. The van der Waals surface area contributed by atoms with Crippen LogP contribution in [-0.2, 0) is 16.6 Å². The number of rotatable bonds is 5. The van der Waals surface area contributed by atoms with Gasteiger partial charge in [-0.25, -0.2) is 13.6 Å². The summed E-state index contributed by atoms with van der Waals surface area (Å²) < 4.78 is 32.4. The highest BCUT2D eigenvalue weighted by Gasteiger charge is 2.17. The third-order valence-corrected chi connectivity index (χ3v) is 3.16. The van der Waals surface area contributed by atoms with Crippen molar-refractivity contribution in [1.82, 2.24) is 4.57 Å². The van der Waals surface area contributed by atoms with E-state index >= 15 is 0 Å². The number of nitrogens with one attached hydrogen (secondary N) is 1. The number of aromatic nitrogens is 1. The van der Waals surface area contributed by atoms with Crippen molar-refractivity contribution >= 4 is 23.3 Å². The molecule has 8 heteroatoms. The van der Waals surface area contributed by atoms with Gasteiger partial charge in [0.1, 0.15) is 17.3 Å². The number of anilines is 1. The summed E-state index contributed by atoms with van der Waals surface area (Å²) in [6.45, 7) is 0.700. The largest absolute Gasteiger partial charge is 0.451 e. The van der Waals surface area contributed by atoms with Crippen LogP contribution < -0.4 is 5.32 Å². The van der Waals surface area contributed by atoms with Gasteiger partial charge in [0.05, 0.1) is 5.69 Å². The summed E-state index contributed by atoms with van der Waals surface area (Å²) in [5, 5.41) is 2.16. The van der Waals surface area contributed by atoms with E-state index < -0.39 is 30.1 Å². The van der Waals surface area contributed by atoms with E-state index in [1.807, 2.05) is 0 Å². The SMILES string of the molecule is CC(=O)c1cc(C(=O)OCC(=O)Nc2ccc(F)cc2F)n(C)c1. The highest BCUT2D eigenvalue weighted by Crippen LogP contribution is 2.15. The first-order chi connectivity index (χ1) is 11.3. The summed E-state index contributed by atoms with van der Waals surface area (Å²) in [7, 11) is 1.55. The number of hydrogen-bond acceptors (Lipinski definition) is 4. The first kappa shape index (κ1) is 17.3. The van der Waals surface area contributed by atoms with Crippen molar-refractivity contribution in [3.63, 3.8) is 0 Å². The lowest BCUT2D eigenvalue weighted by atomic mass is 10.2. The normalized spacial score (nSPS) is 10.3. The fourth-order valence-corrected chi connectivity index (χ4v) is 1.94. The number of benzene rings is 1. The Kier molecular flexibility index (Phi) is 5.08. The zero-order chi connectivity index (χ0) is 17.9. The number of ketones is 1. The van der Waals surface area contributed by atoms with Crippen molar-refractivity contribution in [3.8, 4) is 0 Å². The van der Waals surface area contributed by atoms with Crippen LogP contribution in [0.1, 0.15) is 27.8 Å². The Labute approximate surface area is 136 Å². The highest BCUT2D eigenvalue weighted by atomic mass is 19.1. The fraction of sp³-hybridized carbons (Fsp3) is 0.188. The Balaban J connectivity index is 1.96. The standard InChI is InChI=1S/C16H14F2N2O4/c1-9(21)10-5-14(20(2)7-10)16(23)24-8-15(22)19-13-4-3-11(17)6-12(13)18/h3-7H,8H2,1-2H3,(H,19,22). The van der Waals surface area contributed by atoms with E-state index in [0.29, 0.717) is 11.6 Å². The number of carbonyl (C=O) groups is 3. The number of amides is 1. The topological polar surface area (TPSA) is 77.4 Å². The van der Waals surface area contributed by atoms with Crippen molar-refractivity contribution in [2.24, 2.45) is 7.05 Å². The highest BCUT2D eigenvalue weighted by molar-refractivity contribution is 5.98. The number of hydrogen-bond donors (Lipinski definition) is 1. The van der Waals surface area contributed by atoms with Crippen LogP contribution in [0.3, 0.4) is 0 Å². The first-order valence-corrected chi connectivity index (χ1v) is 6.87. The molecule has 0 aliphatic heterocycles. The molecule has 0 atom stereocenters. The van der Waals surface area contributed by atoms with Crippen LogP contribution in [0.5, 0.6) is 0 Å². The van der Waals surface area contributed by atoms with Gasteiger partial charge in [0.25, 0.3) is 5.91 Å². The first-order valence-electron chi connectivity index (χ1n) is 6.87. The summed E-state index contributed by atoms with van der Waals surface area (Å²) in [6, 6.07) is 4.01. The average molecular weight is 336 g/mol. The van der Waals surface area contributed by atoms with Gasteiger partial charge < -0.3 is 14.6 Å². The van der Waals surface area contributed by atoms with E-state index in [0.717, 1.165) is 12.1 Å². The molecule has 2 aromatic rings. The summed E-state index contributed by atoms with van der Waals surface area (Å²) in [6.07, 6.45) is 1.47. The number of carbonyl (C=O) groups excluding carboxylic acids is 3. The Bertz CT molecular complexity index is 814. The molecule has 0 aliphatic carbocycles. The van der Waals surface area contributed by atoms with E-state index in [9.17, 15) is 23.2 Å². The van der Waals surface area contributed by atoms with Gasteiger partial charge >= 0.3 is 5.97 Å². The van der Waals surface area contributed by atoms with Crippen LogP contribution in [0.2, 0.25) is 0 Å². The predicted octanol–water partition coefficient (Wildman–Crippen LogP) is 2.30. The van der Waals surface area contributed by atoms with Crippen LogP contribution >= 0.6 is 0 Å². The lowest BCUT2D eigenvalue weighted by Crippen LogP contribution is -2.22. The van der Waals surface area contributed by atoms with Gasteiger partial charge in [0, 0.05) is 24.9 Å². The van der Waals surface area contributed by atoms with Gasteiger partial charge in [-0.3, -0.25) is 9.59 Å². The average Bonchev–Trinajstić information content (AvgIpc) is 2.90. The second-order valence-corrected chi connectivity index (χ2v) is 5.03. The molecule has 1 aromatic carbocycles. The molecule has 0 radical (unpaired) electrons. The maximum atomic E-state index is 13.4. The minimum absolute atomic E-state index is 0.0981. The summed E-state index contributed by atoms with van der Waals surface area (Å²) in [5.74, 6) is -3.52. The minimum atomic E-state index is -0.941. The molecule has 0 saturated carbocycles. The van der Waals surface area contributed by atoms with Crippen LogP contribution in [0.15, 0.2) is 30.5 Å². The molecule has 1 N–H and O–H groups in total. The Morgan fingerprint density at radius 3 is 2.50 bits per heavy atom. The summed E-state index contributed by atoms with van der Waals surface area (Å²) >= 11 is 0. The molecule has 0 fully saturated rings. The third kappa shape index (κ3) is 4.03. The molecular weight excluding hydrogens is 322 g/mol. The lowest BCUT2D eigenvalue weighted by Gasteiger charge is -2.07. The van der Waals surface area contributed by atoms with Crippen LogP contribution in [-0.4, -0.2) is 28.8 Å². The molecule has 0 saturated heterocycles. The van der Waals surface area contributed by atoms with Gasteiger partial charge in [0.15, 0.2) is 12.4 Å². The Morgan fingerprint density at radius 1 is 1.21 bits per heavy atom. The molecule has 0 aliphatic rings. The second kappa shape index (κ2) is 7.03. The molecule has 126 valence electrons. The minimum Gasteiger partial charge on any atom is -0.451 e. The zero-order valence-corrected chi connectivity index (χ0v) is 12.9. The maximum absolute atomic E-state index is 13.4. The Morgan fingerprint density at radius 2 is 1.92 bits per heavy atom. The lowest BCUT2D eigenvalue weighted by molar-refractivity contribution is -0.119. The predicted molar refractivity (Wildman–Crippen MR) is 80.7 cm³/mol. The molecule has 2 rings (SSSR count). The molecule has 0 bridgehead atoms. The molecule has 1 aromatic heterocycles. The van der Waals surface area contributed by atoms with Crippen molar-refractivity contribution < 1.29 is 27.9 Å². The number of esters is 1. The fourth-order valence-electron chi connectivity index (χ4n) is 1.94. The van der Waals surface area contributed by atoms with Gasteiger partial charge in [0.2, 0.25) is 0 Å². The number of Topliss-reactive ketones (excluding diaryl/α,β-unsaturated/α-hetero) is 1. The van der Waals surface area contributed by atoms with Crippen LogP contribution in [0.25, 0.3) is 0 Å². The van der Waals surface area contributed by atoms with Crippen molar-refractivity contribution in [2.75, 3.05) is 11.9 Å². The van der Waals surface area contributed by atoms with E-state index in [-0.39, 0.29) is 17.2 Å². The van der Waals surface area contributed by atoms with Crippen LogP contribution in [0, 0.1) is 11.6 Å².